The summed E-state index contributed by atoms with van der Waals surface area (Å²) in [7, 11) is 1.15. The molecule has 9 heteroatoms. The highest BCUT2D eigenvalue weighted by atomic mass is 16.5. The smallest absolute Gasteiger partial charge is 0.340 e. The van der Waals surface area contributed by atoms with Crippen molar-refractivity contribution >= 4 is 29.3 Å². The summed E-state index contributed by atoms with van der Waals surface area (Å²) in [5.41, 5.74) is 10.1. The van der Waals surface area contributed by atoms with Crippen LogP contribution in [0.1, 0.15) is 24.8 Å². The van der Waals surface area contributed by atoms with Crippen molar-refractivity contribution in [2.24, 2.45) is 11.5 Å². The minimum atomic E-state index is -1.84. The number of ether oxygens (including phenoxy) is 2. The molecule has 2 amide bonds. The van der Waals surface area contributed by atoms with Gasteiger partial charge in [-0.05, 0) is 12.5 Å². The van der Waals surface area contributed by atoms with Crippen LogP contribution in [-0.4, -0.2) is 37.2 Å². The number of carbonyl (C=O) groups is 4. The number of amides is 2. The lowest BCUT2D eigenvalue weighted by Crippen LogP contribution is -2.52. The zero-order valence-electron chi connectivity index (χ0n) is 15.7. The molecule has 0 radical (unpaired) electrons. The van der Waals surface area contributed by atoms with E-state index in [4.69, 9.17) is 20.9 Å². The average molecular weight is 397 g/mol. The molecule has 0 aromatic heterocycles. The summed E-state index contributed by atoms with van der Waals surface area (Å²) < 4.78 is 10.5. The molecule has 9 nitrogen and oxygen atoms in total. The Labute approximate surface area is 165 Å². The van der Waals surface area contributed by atoms with Crippen molar-refractivity contribution in [1.29, 1.82) is 0 Å². The Kier molecular flexibility index (Phi) is 4.18. The normalized spacial score (nSPS) is 23.1. The number of nitrogens with two attached hydrogens (primary N) is 2. The lowest BCUT2D eigenvalue weighted by molar-refractivity contribution is -0.139. The van der Waals surface area contributed by atoms with Gasteiger partial charge in [0.2, 0.25) is 17.7 Å². The highest BCUT2D eigenvalue weighted by Crippen LogP contribution is 2.55. The highest BCUT2D eigenvalue weighted by molar-refractivity contribution is 6.24. The number of esters is 1. The molecule has 0 bridgehead atoms. The fourth-order valence-corrected chi connectivity index (χ4v) is 4.43. The molecule has 150 valence electrons. The van der Waals surface area contributed by atoms with Crippen LogP contribution in [0.3, 0.4) is 0 Å². The number of methoxy groups -OCH3 is 1. The topological polar surface area (TPSA) is 142 Å². The molecule has 0 saturated heterocycles. The van der Waals surface area contributed by atoms with E-state index in [0.717, 1.165) is 7.11 Å². The van der Waals surface area contributed by atoms with Crippen LogP contribution in [0.4, 0.5) is 5.69 Å². The molecule has 1 aromatic carbocycles. The first-order valence-electron chi connectivity index (χ1n) is 9.07. The molecule has 3 aliphatic rings. The zero-order valence-corrected chi connectivity index (χ0v) is 15.7. The summed E-state index contributed by atoms with van der Waals surface area (Å²) in [4.78, 5) is 52.5. The van der Waals surface area contributed by atoms with Gasteiger partial charge in [0.1, 0.15) is 23.3 Å². The minimum Gasteiger partial charge on any atom is -0.465 e. The average Bonchev–Trinajstić information content (AvgIpc) is 2.91. The summed E-state index contributed by atoms with van der Waals surface area (Å²) in [6, 6.07) is 6.61. The van der Waals surface area contributed by atoms with Crippen molar-refractivity contribution in [2.75, 3.05) is 18.6 Å². The van der Waals surface area contributed by atoms with Crippen LogP contribution in [0, 0.1) is 0 Å². The van der Waals surface area contributed by atoms with Crippen LogP contribution < -0.4 is 16.4 Å². The summed E-state index contributed by atoms with van der Waals surface area (Å²) in [5, 5.41) is 0. The lowest BCUT2D eigenvalue weighted by Gasteiger charge is -2.38. The van der Waals surface area contributed by atoms with E-state index in [2.05, 4.69) is 0 Å². The summed E-state index contributed by atoms with van der Waals surface area (Å²) >= 11 is 0. The monoisotopic (exact) mass is 397 g/mol. The van der Waals surface area contributed by atoms with Gasteiger partial charge in [-0.25, -0.2) is 4.79 Å². The maximum Gasteiger partial charge on any atom is 0.340 e. The minimum absolute atomic E-state index is 0.0720. The number of nitrogens with zero attached hydrogens (tertiary/aromatic N) is 1. The van der Waals surface area contributed by atoms with Crippen LogP contribution in [0.15, 0.2) is 47.1 Å². The molecule has 2 heterocycles. The number of primary amides is 1. The van der Waals surface area contributed by atoms with Gasteiger partial charge in [0.05, 0.1) is 12.7 Å². The number of Topliss-reactive ketones (excluding diaryl/α,β-unsaturated/α-hetero) is 1. The zero-order chi connectivity index (χ0) is 20.9. The van der Waals surface area contributed by atoms with E-state index < -0.39 is 29.7 Å². The summed E-state index contributed by atoms with van der Waals surface area (Å²) in [6.45, 7) is -0.413. The van der Waals surface area contributed by atoms with Gasteiger partial charge in [0.15, 0.2) is 5.78 Å². The van der Waals surface area contributed by atoms with E-state index in [1.807, 2.05) is 0 Å². The Balaban J connectivity index is 2.10. The number of para-hydroxylation sites is 1. The molecule has 2 aliphatic heterocycles. The predicted molar refractivity (Wildman–Crippen MR) is 99.9 cm³/mol. The SMILES string of the molecule is COC(=O)C1=C(N)OC2=C(C(=O)CCC2)C12C(=O)N(CC(N)=O)c1ccccc12. The van der Waals surface area contributed by atoms with Crippen molar-refractivity contribution in [3.63, 3.8) is 0 Å². The Hall–Kier alpha value is -3.62. The summed E-state index contributed by atoms with van der Waals surface area (Å²) in [6.07, 6.45) is 1.13. The van der Waals surface area contributed by atoms with Crippen molar-refractivity contribution < 1.29 is 28.7 Å². The number of rotatable bonds is 3. The molecule has 1 unspecified atom stereocenters. The Morgan fingerprint density at radius 1 is 1.24 bits per heavy atom. The second kappa shape index (κ2) is 6.47. The number of hydrogen-bond donors (Lipinski definition) is 2. The van der Waals surface area contributed by atoms with E-state index in [1.165, 1.54) is 4.90 Å². The molecular formula is C20H19N3O6. The summed E-state index contributed by atoms with van der Waals surface area (Å²) in [5.74, 6) is -2.64. The Morgan fingerprint density at radius 3 is 2.66 bits per heavy atom. The van der Waals surface area contributed by atoms with Gasteiger partial charge in [0.25, 0.3) is 0 Å². The van der Waals surface area contributed by atoms with Crippen LogP contribution in [0.5, 0.6) is 0 Å². The van der Waals surface area contributed by atoms with Gasteiger partial charge in [-0.15, -0.1) is 0 Å². The molecule has 0 fully saturated rings. The largest absolute Gasteiger partial charge is 0.465 e. The van der Waals surface area contributed by atoms with Crippen molar-refractivity contribution in [3.05, 3.63) is 52.6 Å². The number of ketones is 1. The first kappa shape index (κ1) is 18.7. The number of hydrogen-bond acceptors (Lipinski definition) is 7. The number of allylic oxidation sites excluding steroid dienone is 1. The maximum atomic E-state index is 13.8. The van der Waals surface area contributed by atoms with Crippen molar-refractivity contribution in [2.45, 2.75) is 24.7 Å². The number of carbonyl (C=O) groups excluding carboxylic acids is 4. The van der Waals surface area contributed by atoms with Crippen LogP contribution in [0.2, 0.25) is 0 Å². The molecule has 0 saturated carbocycles. The fourth-order valence-electron chi connectivity index (χ4n) is 4.43. The fraction of sp³-hybridized carbons (Fsp3) is 0.300. The van der Waals surface area contributed by atoms with Crippen molar-refractivity contribution in [3.8, 4) is 0 Å². The molecule has 4 rings (SSSR count). The van der Waals surface area contributed by atoms with E-state index >= 15 is 0 Å². The van der Waals surface area contributed by atoms with Gasteiger partial charge < -0.3 is 25.8 Å². The number of benzene rings is 1. The molecular weight excluding hydrogens is 378 g/mol. The molecule has 4 N–H and O–H groups in total. The van der Waals surface area contributed by atoms with E-state index in [0.29, 0.717) is 24.1 Å². The Morgan fingerprint density at radius 2 is 1.97 bits per heavy atom. The van der Waals surface area contributed by atoms with E-state index in [9.17, 15) is 19.2 Å². The molecule has 1 spiro atoms. The van der Waals surface area contributed by atoms with Crippen molar-refractivity contribution in [1.82, 2.24) is 0 Å². The third-order valence-electron chi connectivity index (χ3n) is 5.46. The maximum absolute atomic E-state index is 13.8. The lowest BCUT2D eigenvalue weighted by atomic mass is 9.64. The van der Waals surface area contributed by atoms with Crippen LogP contribution >= 0.6 is 0 Å². The van der Waals surface area contributed by atoms with E-state index in [1.54, 1.807) is 24.3 Å². The second-order valence-electron chi connectivity index (χ2n) is 7.03. The van der Waals surface area contributed by atoms with Crippen LogP contribution in [-0.2, 0) is 34.1 Å². The Bertz CT molecular complexity index is 1040. The first-order valence-corrected chi connectivity index (χ1v) is 9.07. The third kappa shape index (κ3) is 2.40. The molecule has 1 aliphatic carbocycles. The number of anilines is 1. The molecule has 29 heavy (non-hydrogen) atoms. The second-order valence-corrected chi connectivity index (χ2v) is 7.03. The molecule has 1 atom stereocenters. The first-order chi connectivity index (χ1) is 13.8. The number of fused-ring (bicyclic) bond motifs is 3. The van der Waals surface area contributed by atoms with Gasteiger partial charge in [-0.1, -0.05) is 18.2 Å². The third-order valence-corrected chi connectivity index (χ3v) is 5.46. The van der Waals surface area contributed by atoms with Gasteiger partial charge in [-0.2, -0.15) is 0 Å². The predicted octanol–water partition coefficient (Wildman–Crippen LogP) is 0.137. The van der Waals surface area contributed by atoms with Gasteiger partial charge in [-0.3, -0.25) is 14.4 Å². The highest BCUT2D eigenvalue weighted by Gasteiger charge is 2.63. The van der Waals surface area contributed by atoms with Gasteiger partial charge in [0, 0.05) is 24.1 Å². The van der Waals surface area contributed by atoms with Gasteiger partial charge >= 0.3 is 5.97 Å². The quantitative estimate of drug-likeness (QED) is 0.691. The van der Waals surface area contributed by atoms with E-state index in [-0.39, 0.29) is 35.0 Å². The van der Waals surface area contributed by atoms with Crippen LogP contribution in [0.25, 0.3) is 0 Å². The molecule has 1 aromatic rings. The standard InChI is InChI=1S/C20H19N3O6/c1-28-18(26)16-17(22)29-13-8-4-7-12(24)15(13)20(16)10-5-2-3-6-11(10)23(19(20)27)9-14(21)25/h2-3,5-6H,4,7-9,22H2,1H3,(H2,21,25).